The van der Waals surface area contributed by atoms with Crippen LogP contribution in [0.3, 0.4) is 0 Å². The lowest BCUT2D eigenvalue weighted by molar-refractivity contribution is -0.107. The van der Waals surface area contributed by atoms with Crippen LogP contribution in [-0.4, -0.2) is 13.5 Å². The van der Waals surface area contributed by atoms with Crippen molar-refractivity contribution in [3.8, 4) is 0 Å². The van der Waals surface area contributed by atoms with Gasteiger partial charge in [-0.1, -0.05) is 83.6 Å². The molecule has 0 aliphatic rings. The Balaban J connectivity index is 3.76. The number of allylic oxidation sites excluding steroid dienone is 2. The summed E-state index contributed by atoms with van der Waals surface area (Å²) < 4.78 is 0. The van der Waals surface area contributed by atoms with Gasteiger partial charge in [-0.05, 0) is 31.8 Å². The Labute approximate surface area is 134 Å². The maximum atomic E-state index is 11.1. The molecule has 0 amide bonds. The van der Waals surface area contributed by atoms with Crippen molar-refractivity contribution in [2.45, 2.75) is 104 Å². The zero-order valence-corrected chi connectivity index (χ0v) is 14.5. The second kappa shape index (κ2) is 15.9. The van der Waals surface area contributed by atoms with Gasteiger partial charge in [-0.15, -0.1) is 0 Å². The fourth-order valence-electron chi connectivity index (χ4n) is 2.74. The smallest absolute Gasteiger partial charge is 0.174 e. The van der Waals surface area contributed by atoms with Crippen molar-refractivity contribution < 1.29 is 4.79 Å². The van der Waals surface area contributed by atoms with Crippen molar-refractivity contribution in [3.05, 3.63) is 11.6 Å². The normalized spacial score (nSPS) is 10.6. The highest BCUT2D eigenvalue weighted by atomic mass is 16.1. The largest absolute Gasteiger partial charge is 0.308 e. The third-order valence-electron chi connectivity index (χ3n) is 4.05. The maximum Gasteiger partial charge on any atom is 0.174 e. The Kier molecular flexibility index (Phi) is 15.5. The Morgan fingerprint density at radius 1 is 0.714 bits per heavy atom. The number of rotatable bonds is 15. The van der Waals surface area contributed by atoms with Crippen molar-refractivity contribution in [1.82, 2.24) is 0 Å². The quantitative estimate of drug-likeness (QED) is 0.202. The Bertz CT molecular complexity index is 253. The van der Waals surface area contributed by atoms with Crippen LogP contribution in [0.4, 0.5) is 0 Å². The van der Waals surface area contributed by atoms with Gasteiger partial charge in [-0.3, -0.25) is 0 Å². The molecular weight excluding hydrogens is 255 g/mol. The average Bonchev–Trinajstić information content (AvgIpc) is 2.45. The van der Waals surface area contributed by atoms with E-state index in [-0.39, 0.29) is 5.68 Å². The summed E-state index contributed by atoms with van der Waals surface area (Å²) >= 11 is 0. The molecule has 0 rings (SSSR count). The Hall–Kier alpha value is -0.525. The summed E-state index contributed by atoms with van der Waals surface area (Å²) in [5, 5.41) is 0. The monoisotopic (exact) mass is 290 g/mol. The molecule has 0 fully saturated rings. The van der Waals surface area contributed by atoms with Gasteiger partial charge in [0.25, 0.3) is 0 Å². The van der Waals surface area contributed by atoms with Crippen LogP contribution in [0, 0.1) is 0 Å². The predicted molar refractivity (Wildman–Crippen MR) is 94.8 cm³/mol. The van der Waals surface area contributed by atoms with Crippen molar-refractivity contribution in [2.75, 3.05) is 0 Å². The fourth-order valence-corrected chi connectivity index (χ4v) is 2.74. The lowest BCUT2D eigenvalue weighted by Gasteiger charge is -2.08. The molecule has 0 saturated heterocycles. The van der Waals surface area contributed by atoms with Crippen molar-refractivity contribution in [1.29, 1.82) is 0 Å². The highest BCUT2D eigenvalue weighted by Gasteiger charge is 2.01. The summed E-state index contributed by atoms with van der Waals surface area (Å²) in [6.45, 7) is 4.49. The predicted octanol–water partition coefficient (Wildman–Crippen LogP) is 6.11. The Morgan fingerprint density at radius 3 is 1.48 bits per heavy atom. The minimum absolute atomic E-state index is 0.276. The molecule has 0 aliphatic carbocycles. The average molecular weight is 290 g/mol. The van der Waals surface area contributed by atoms with Crippen molar-refractivity contribution in [2.24, 2.45) is 0 Å². The third-order valence-corrected chi connectivity index (χ3v) is 4.05. The van der Waals surface area contributed by atoms with E-state index in [1.807, 2.05) is 0 Å². The van der Waals surface area contributed by atoms with Crippen LogP contribution in [0.5, 0.6) is 0 Å². The second-order valence-corrected chi connectivity index (χ2v) is 6.24. The van der Waals surface area contributed by atoms with Gasteiger partial charge < -0.3 is 4.79 Å². The van der Waals surface area contributed by atoms with Gasteiger partial charge in [0.2, 0.25) is 0 Å². The van der Waals surface area contributed by atoms with Gasteiger partial charge in [0.1, 0.15) is 0 Å². The van der Waals surface area contributed by atoms with Gasteiger partial charge in [0, 0.05) is 0 Å². The molecule has 0 aromatic carbocycles. The molecule has 2 radical (unpaired) electrons. The molecule has 0 aliphatic heterocycles. The van der Waals surface area contributed by atoms with Crippen LogP contribution < -0.4 is 0 Å². The third kappa shape index (κ3) is 15.7. The van der Waals surface area contributed by atoms with E-state index in [1.165, 1.54) is 82.6 Å². The lowest BCUT2D eigenvalue weighted by atomic mass is 9.94. The summed E-state index contributed by atoms with van der Waals surface area (Å²) in [6, 6.07) is 0. The molecular formula is C19H35BO. The van der Waals surface area contributed by atoms with E-state index in [2.05, 4.69) is 13.8 Å². The molecule has 1 nitrogen and oxygen atoms in total. The van der Waals surface area contributed by atoms with Crippen molar-refractivity contribution >= 4 is 13.5 Å². The second-order valence-electron chi connectivity index (χ2n) is 6.24. The van der Waals surface area contributed by atoms with Crippen LogP contribution >= 0.6 is 0 Å². The number of carbonyl (C=O) groups is 1. The van der Waals surface area contributed by atoms with E-state index in [1.54, 1.807) is 6.08 Å². The maximum absolute atomic E-state index is 11.1. The van der Waals surface area contributed by atoms with Crippen molar-refractivity contribution in [3.63, 3.8) is 0 Å². The summed E-state index contributed by atoms with van der Waals surface area (Å²) in [4.78, 5) is 11.1. The molecule has 120 valence electrons. The first-order valence-electron chi connectivity index (χ1n) is 9.19. The van der Waals surface area contributed by atoms with Crippen LogP contribution in [0.25, 0.3) is 0 Å². The number of unbranched alkanes of at least 4 members (excludes halogenated alkanes) is 10. The number of hydrogen-bond donors (Lipinski definition) is 0. The molecule has 0 spiro atoms. The van der Waals surface area contributed by atoms with Crippen LogP contribution in [0.2, 0.25) is 0 Å². The summed E-state index contributed by atoms with van der Waals surface area (Å²) in [5.74, 6) is 0. The van der Waals surface area contributed by atoms with Gasteiger partial charge >= 0.3 is 0 Å². The van der Waals surface area contributed by atoms with Crippen LogP contribution in [0.15, 0.2) is 11.6 Å². The van der Waals surface area contributed by atoms with Crippen LogP contribution in [-0.2, 0) is 4.79 Å². The first-order valence-corrected chi connectivity index (χ1v) is 9.19. The highest BCUT2D eigenvalue weighted by Crippen LogP contribution is 2.18. The zero-order valence-electron chi connectivity index (χ0n) is 14.5. The lowest BCUT2D eigenvalue weighted by Crippen LogP contribution is -1.95. The topological polar surface area (TPSA) is 17.1 Å². The van der Waals surface area contributed by atoms with E-state index < -0.39 is 0 Å². The molecule has 21 heavy (non-hydrogen) atoms. The summed E-state index contributed by atoms with van der Waals surface area (Å²) in [7, 11) is 5.32. The van der Waals surface area contributed by atoms with E-state index >= 15 is 0 Å². The molecule has 0 heterocycles. The zero-order chi connectivity index (χ0) is 15.8. The highest BCUT2D eigenvalue weighted by molar-refractivity contribution is 6.60. The van der Waals surface area contributed by atoms with E-state index in [0.717, 1.165) is 12.8 Å². The molecule has 0 unspecified atom stereocenters. The molecule has 0 bridgehead atoms. The van der Waals surface area contributed by atoms with Gasteiger partial charge in [-0.2, -0.15) is 0 Å². The minimum atomic E-state index is -0.276. The fraction of sp³-hybridized carbons (Fsp3) is 0.842. The van der Waals surface area contributed by atoms with Crippen LogP contribution in [0.1, 0.15) is 104 Å². The van der Waals surface area contributed by atoms with E-state index in [4.69, 9.17) is 7.85 Å². The number of carbonyl (C=O) groups excluding carboxylic acids is 1. The first-order chi connectivity index (χ1) is 10.2. The van der Waals surface area contributed by atoms with Gasteiger partial charge in [0.05, 0.1) is 5.68 Å². The molecule has 0 aromatic heterocycles. The summed E-state index contributed by atoms with van der Waals surface area (Å²) in [5.41, 5.74) is 0.996. The van der Waals surface area contributed by atoms with E-state index in [9.17, 15) is 4.79 Å². The Morgan fingerprint density at radius 2 is 1.10 bits per heavy atom. The van der Waals surface area contributed by atoms with Gasteiger partial charge in [0.15, 0.2) is 7.85 Å². The van der Waals surface area contributed by atoms with Gasteiger partial charge in [-0.25, -0.2) is 0 Å². The molecule has 0 aromatic rings. The standard InChI is InChI=1S/C19H35BO/c1-3-5-7-9-11-13-15-18(17-19(20)21)16-14-12-10-8-6-4-2/h17H,3-16H2,1-2H3. The number of hydrogen-bond acceptors (Lipinski definition) is 1. The first kappa shape index (κ1) is 20.5. The minimum Gasteiger partial charge on any atom is -0.308 e. The summed E-state index contributed by atoms with van der Waals surface area (Å²) in [6.07, 6.45) is 19.4. The molecule has 2 heteroatoms. The van der Waals surface area contributed by atoms with E-state index in [0.29, 0.717) is 0 Å². The molecule has 0 saturated carbocycles. The SMILES string of the molecule is [B]C(=O)C=C(CCCCCCCC)CCCCCCCC. The molecule has 0 atom stereocenters. The molecule has 0 N–H and O–H groups in total.